The number of benzene rings is 1. The van der Waals surface area contributed by atoms with Crippen LogP contribution in [-0.4, -0.2) is 50.7 Å². The van der Waals surface area contributed by atoms with Crippen molar-refractivity contribution in [3.05, 3.63) is 54.1 Å². The Morgan fingerprint density at radius 2 is 2.09 bits per heavy atom. The van der Waals surface area contributed by atoms with Crippen LogP contribution < -0.4 is 10.6 Å². The van der Waals surface area contributed by atoms with E-state index in [0.717, 1.165) is 30.4 Å². The van der Waals surface area contributed by atoms with Crippen molar-refractivity contribution in [1.29, 1.82) is 0 Å². The lowest BCUT2D eigenvalue weighted by molar-refractivity contribution is -0.126. The van der Waals surface area contributed by atoms with E-state index in [1.165, 1.54) is 12.8 Å². The third kappa shape index (κ3) is 10.8. The van der Waals surface area contributed by atoms with Gasteiger partial charge in [-0.1, -0.05) is 56.2 Å². The average molecular weight is 486 g/mol. The molecule has 3 atom stereocenters. The lowest BCUT2D eigenvalue weighted by atomic mass is 9.76. The molecule has 0 radical (unpaired) electrons. The summed E-state index contributed by atoms with van der Waals surface area (Å²) in [4.78, 5) is 21.4. The molecule has 1 unspecified atom stereocenters. The molecule has 1 aliphatic carbocycles. The molecule has 1 aromatic carbocycles. The lowest BCUT2D eigenvalue weighted by Crippen LogP contribution is -2.48. The first-order valence-electron chi connectivity index (χ1n) is 12.5. The molecule has 8 heteroatoms. The topological polar surface area (TPSA) is 85.9 Å². The van der Waals surface area contributed by atoms with Crippen LogP contribution >= 0.6 is 0 Å². The predicted molar refractivity (Wildman–Crippen MR) is 143 cm³/mol. The van der Waals surface area contributed by atoms with Crippen molar-refractivity contribution in [1.82, 2.24) is 10.6 Å². The molecule has 194 valence electrons. The standard InChI is InChI=1S/C22H32BNO4.C3H6.C2H5NO/c1-4-9-17-10-8-11-18(14-17)15-26-16-21(25)24-20(5-2)23-27-19-12-6-7-13-22(19,3)28-23;1-3-2;1-3-2-4/h4,8-11,14,19-20H,5-7,12-13,15-16H2,1-3H3,(H,24,25);3H,1H2,2H3;2H,1H3,(H,3,4)/b9-4+;;/t19-,20?,22+;;/m1../s1. The van der Waals surface area contributed by atoms with E-state index in [1.807, 2.05) is 51.1 Å². The first-order valence-corrected chi connectivity index (χ1v) is 12.5. The van der Waals surface area contributed by atoms with Gasteiger partial charge in [-0.05, 0) is 57.2 Å². The van der Waals surface area contributed by atoms with E-state index in [2.05, 4.69) is 30.2 Å². The summed E-state index contributed by atoms with van der Waals surface area (Å²) in [6.07, 6.45) is 11.7. The number of hydrogen-bond donors (Lipinski definition) is 2. The minimum Gasteiger partial charge on any atom is -0.404 e. The number of allylic oxidation sites excluding steroid dienone is 2. The summed E-state index contributed by atoms with van der Waals surface area (Å²) in [5.74, 6) is -0.291. The van der Waals surface area contributed by atoms with E-state index in [1.54, 1.807) is 13.1 Å². The minimum absolute atomic E-state index is 0.0256. The number of rotatable bonds is 9. The Kier molecular flexibility index (Phi) is 14.9. The van der Waals surface area contributed by atoms with Crippen LogP contribution in [0.4, 0.5) is 0 Å². The van der Waals surface area contributed by atoms with Gasteiger partial charge in [-0.25, -0.2) is 0 Å². The van der Waals surface area contributed by atoms with Gasteiger partial charge in [0.05, 0.1) is 24.3 Å². The van der Waals surface area contributed by atoms with Crippen molar-refractivity contribution in [2.75, 3.05) is 13.7 Å². The largest absolute Gasteiger partial charge is 0.481 e. The third-order valence-electron chi connectivity index (χ3n) is 5.80. The molecule has 35 heavy (non-hydrogen) atoms. The Morgan fingerprint density at radius 3 is 2.69 bits per heavy atom. The van der Waals surface area contributed by atoms with Gasteiger partial charge < -0.3 is 24.7 Å². The molecule has 7 nitrogen and oxygen atoms in total. The van der Waals surface area contributed by atoms with Crippen molar-refractivity contribution in [3.8, 4) is 0 Å². The van der Waals surface area contributed by atoms with Crippen LogP contribution in [0.5, 0.6) is 0 Å². The van der Waals surface area contributed by atoms with E-state index in [-0.39, 0.29) is 37.3 Å². The summed E-state index contributed by atoms with van der Waals surface area (Å²) in [5, 5.41) is 5.28. The molecule has 2 N–H and O–H groups in total. The van der Waals surface area contributed by atoms with E-state index in [0.29, 0.717) is 13.0 Å². The maximum absolute atomic E-state index is 12.4. The number of hydrogen-bond acceptors (Lipinski definition) is 5. The molecule has 1 saturated carbocycles. The fraction of sp³-hybridized carbons (Fsp3) is 0.556. The molecule has 1 aromatic rings. The SMILES string of the molecule is C/C=C/c1cccc(COCC(=O)NC(CC)B2O[C@@H]3CCCC[C@]3(C)O2)c1.C=CC.CNC=O. The van der Waals surface area contributed by atoms with Gasteiger partial charge in [-0.2, -0.15) is 0 Å². The van der Waals surface area contributed by atoms with Crippen LogP contribution in [0.1, 0.15) is 70.9 Å². The summed E-state index contributed by atoms with van der Waals surface area (Å²) in [6, 6.07) is 8.11. The van der Waals surface area contributed by atoms with Gasteiger partial charge >= 0.3 is 7.12 Å². The summed E-state index contributed by atoms with van der Waals surface area (Å²) < 4.78 is 18.0. The van der Waals surface area contributed by atoms with Crippen LogP contribution in [0.2, 0.25) is 0 Å². The van der Waals surface area contributed by atoms with Crippen molar-refractivity contribution in [3.63, 3.8) is 0 Å². The van der Waals surface area contributed by atoms with Crippen LogP contribution in [0, 0.1) is 0 Å². The average Bonchev–Trinajstić information content (AvgIpc) is 3.21. The third-order valence-corrected chi connectivity index (χ3v) is 5.80. The second kappa shape index (κ2) is 17.1. The lowest BCUT2D eigenvalue weighted by Gasteiger charge is -2.34. The maximum Gasteiger partial charge on any atom is 0.481 e. The number of fused-ring (bicyclic) bond motifs is 1. The molecule has 1 aliphatic heterocycles. The quantitative estimate of drug-likeness (QED) is 0.306. The zero-order valence-corrected chi connectivity index (χ0v) is 22.0. The Morgan fingerprint density at radius 1 is 1.37 bits per heavy atom. The molecule has 3 rings (SSSR count). The second-order valence-corrected chi connectivity index (χ2v) is 8.80. The van der Waals surface area contributed by atoms with Crippen LogP contribution in [0.15, 0.2) is 43.0 Å². The first-order chi connectivity index (χ1) is 16.9. The Hall–Kier alpha value is -2.42. The van der Waals surface area contributed by atoms with Gasteiger partial charge in [-0.15, -0.1) is 6.58 Å². The maximum atomic E-state index is 12.4. The highest BCUT2D eigenvalue weighted by Gasteiger charge is 2.52. The molecule has 2 fully saturated rings. The van der Waals surface area contributed by atoms with Gasteiger partial charge in [-0.3, -0.25) is 9.59 Å². The highest BCUT2D eigenvalue weighted by atomic mass is 16.7. The van der Waals surface area contributed by atoms with E-state index < -0.39 is 0 Å². The highest BCUT2D eigenvalue weighted by molar-refractivity contribution is 6.47. The summed E-state index contributed by atoms with van der Waals surface area (Å²) >= 11 is 0. The zero-order valence-electron chi connectivity index (χ0n) is 22.0. The molecule has 2 amide bonds. The molecule has 1 saturated heterocycles. The number of carbonyl (C=O) groups is 2. The van der Waals surface area contributed by atoms with Gasteiger partial charge in [0.1, 0.15) is 6.61 Å². The highest BCUT2D eigenvalue weighted by Crippen LogP contribution is 2.40. The molecular weight excluding hydrogens is 443 g/mol. The van der Waals surface area contributed by atoms with Crippen LogP contribution in [0.25, 0.3) is 6.08 Å². The number of nitrogens with one attached hydrogen (secondary N) is 2. The molecule has 0 aromatic heterocycles. The van der Waals surface area contributed by atoms with E-state index in [9.17, 15) is 4.79 Å². The van der Waals surface area contributed by atoms with Crippen LogP contribution in [-0.2, 0) is 30.2 Å². The zero-order chi connectivity index (χ0) is 26.1. The second-order valence-electron chi connectivity index (χ2n) is 8.80. The molecular formula is C27H43BN2O5. The van der Waals surface area contributed by atoms with Gasteiger partial charge in [0, 0.05) is 7.05 Å². The Balaban J connectivity index is 0.000000778. The van der Waals surface area contributed by atoms with Crippen molar-refractivity contribution < 1.29 is 23.6 Å². The van der Waals surface area contributed by atoms with Gasteiger partial charge in [0.15, 0.2) is 0 Å². The van der Waals surface area contributed by atoms with Crippen molar-refractivity contribution in [2.45, 2.75) is 84.1 Å². The van der Waals surface area contributed by atoms with E-state index >= 15 is 0 Å². The molecule has 0 bridgehead atoms. The van der Waals surface area contributed by atoms with Gasteiger partial charge in [0.25, 0.3) is 0 Å². The minimum atomic E-state index is -0.375. The van der Waals surface area contributed by atoms with Gasteiger partial charge in [0.2, 0.25) is 12.3 Å². The first kappa shape index (κ1) is 30.6. The predicted octanol–water partition coefficient (Wildman–Crippen LogP) is 4.46. The number of carbonyl (C=O) groups excluding carboxylic acids is 2. The van der Waals surface area contributed by atoms with Crippen molar-refractivity contribution >= 4 is 25.5 Å². The van der Waals surface area contributed by atoms with Crippen molar-refractivity contribution in [2.24, 2.45) is 0 Å². The fourth-order valence-corrected chi connectivity index (χ4v) is 4.10. The molecule has 2 aliphatic rings. The fourth-order valence-electron chi connectivity index (χ4n) is 4.10. The monoisotopic (exact) mass is 486 g/mol. The number of amides is 2. The summed E-state index contributed by atoms with van der Waals surface area (Å²) in [7, 11) is 1.19. The normalized spacial score (nSPS) is 21.5. The summed E-state index contributed by atoms with van der Waals surface area (Å²) in [6.45, 7) is 11.8. The Bertz CT molecular complexity index is 804. The smallest absolute Gasteiger partial charge is 0.404 e. The molecule has 1 heterocycles. The van der Waals surface area contributed by atoms with Crippen LogP contribution in [0.3, 0.4) is 0 Å². The van der Waals surface area contributed by atoms with E-state index in [4.69, 9.17) is 18.8 Å². The molecule has 0 spiro atoms. The summed E-state index contributed by atoms with van der Waals surface area (Å²) in [5.41, 5.74) is 1.97. The number of ether oxygens (including phenoxy) is 1. The Labute approximate surface area is 211 Å².